The van der Waals surface area contributed by atoms with Crippen LogP contribution in [-0.4, -0.2) is 34.8 Å². The summed E-state index contributed by atoms with van der Waals surface area (Å²) in [4.78, 5) is 32.0. The minimum absolute atomic E-state index is 0.109. The topological polar surface area (TPSA) is 71.5 Å². The molecule has 1 fully saturated rings. The average Bonchev–Trinajstić information content (AvgIpc) is 3.62. The second-order valence-electron chi connectivity index (χ2n) is 10.2. The van der Waals surface area contributed by atoms with Crippen LogP contribution in [0.4, 0.5) is 0 Å². The number of thiazole rings is 1. The molecule has 1 N–H and O–H groups in total. The molecular formula is C29H33N3O3S. The van der Waals surface area contributed by atoms with Crippen molar-refractivity contribution in [2.75, 3.05) is 13.1 Å². The Hall–Kier alpha value is -3.19. The molecule has 1 saturated carbocycles. The quantitative estimate of drug-likeness (QED) is 0.453. The maximum Gasteiger partial charge on any atom is 0.270 e. The van der Waals surface area contributed by atoms with E-state index in [4.69, 9.17) is 4.74 Å². The van der Waals surface area contributed by atoms with Gasteiger partial charge >= 0.3 is 0 Å². The summed E-state index contributed by atoms with van der Waals surface area (Å²) < 4.78 is 6.12. The van der Waals surface area contributed by atoms with Crippen LogP contribution in [0.3, 0.4) is 0 Å². The van der Waals surface area contributed by atoms with E-state index in [1.54, 1.807) is 5.38 Å². The molecule has 188 valence electrons. The van der Waals surface area contributed by atoms with Gasteiger partial charge in [-0.3, -0.25) is 9.59 Å². The van der Waals surface area contributed by atoms with Crippen molar-refractivity contribution in [2.45, 2.75) is 52.7 Å². The highest BCUT2D eigenvalue weighted by atomic mass is 32.1. The fourth-order valence-electron chi connectivity index (χ4n) is 4.61. The number of ether oxygens (including phenoxy) is 1. The molecule has 3 aromatic rings. The first-order valence-corrected chi connectivity index (χ1v) is 13.6. The number of amides is 2. The number of aromatic nitrogens is 1. The molecule has 2 heterocycles. The molecule has 1 atom stereocenters. The van der Waals surface area contributed by atoms with E-state index in [-0.39, 0.29) is 23.8 Å². The first kappa shape index (κ1) is 24.5. The number of carbonyl (C=O) groups is 2. The lowest BCUT2D eigenvalue weighted by Gasteiger charge is -2.38. The van der Waals surface area contributed by atoms with Gasteiger partial charge in [0.1, 0.15) is 23.1 Å². The Labute approximate surface area is 216 Å². The van der Waals surface area contributed by atoms with Crippen molar-refractivity contribution in [3.8, 4) is 5.75 Å². The summed E-state index contributed by atoms with van der Waals surface area (Å²) in [7, 11) is 0. The third kappa shape index (κ3) is 5.46. The van der Waals surface area contributed by atoms with Crippen molar-refractivity contribution in [3.63, 3.8) is 0 Å². The SMILES string of the molecule is Cc1ccc([C@@H]2c3cc(OCc4nc(C(=O)NCC(C)C)cs4)ccc3CCN2C(=O)C2CC2)cc1. The lowest BCUT2D eigenvalue weighted by atomic mass is 9.87. The summed E-state index contributed by atoms with van der Waals surface area (Å²) in [5.41, 5.74) is 5.14. The van der Waals surface area contributed by atoms with Gasteiger partial charge in [0.15, 0.2) is 0 Å². The molecule has 1 aliphatic carbocycles. The molecule has 6 nitrogen and oxygen atoms in total. The third-order valence-corrected chi connectivity index (χ3v) is 7.59. The lowest BCUT2D eigenvalue weighted by Crippen LogP contribution is -2.41. The van der Waals surface area contributed by atoms with Gasteiger partial charge in [0.25, 0.3) is 5.91 Å². The van der Waals surface area contributed by atoms with E-state index < -0.39 is 0 Å². The minimum atomic E-state index is -0.152. The van der Waals surface area contributed by atoms with Crippen LogP contribution in [0.25, 0.3) is 0 Å². The molecule has 0 unspecified atom stereocenters. The number of aryl methyl sites for hydroxylation is 1. The standard InChI is InChI=1S/C29H33N3O3S/c1-18(2)15-30-28(33)25-17-36-26(31-25)16-35-23-11-10-20-12-13-32(29(34)22-8-9-22)27(24(20)14-23)21-6-4-19(3)5-7-21/h4-7,10-11,14,17-18,22,27H,8-9,12-13,15-16H2,1-3H3,(H,30,33)/t27-/m1/s1. The van der Waals surface area contributed by atoms with Crippen LogP contribution < -0.4 is 10.1 Å². The first-order chi connectivity index (χ1) is 17.4. The van der Waals surface area contributed by atoms with E-state index in [9.17, 15) is 9.59 Å². The van der Waals surface area contributed by atoms with Gasteiger partial charge in [0.2, 0.25) is 5.91 Å². The number of fused-ring (bicyclic) bond motifs is 1. The van der Waals surface area contributed by atoms with Crippen LogP contribution in [0.2, 0.25) is 0 Å². The summed E-state index contributed by atoms with van der Waals surface area (Å²) in [5.74, 6) is 1.42. The Balaban J connectivity index is 1.35. The number of nitrogens with one attached hydrogen (secondary N) is 1. The molecule has 1 aromatic heterocycles. The number of rotatable bonds is 8. The fourth-order valence-corrected chi connectivity index (χ4v) is 5.29. The molecule has 7 heteroatoms. The van der Waals surface area contributed by atoms with Gasteiger partial charge < -0.3 is 15.0 Å². The van der Waals surface area contributed by atoms with Gasteiger partial charge in [0, 0.05) is 24.4 Å². The van der Waals surface area contributed by atoms with Crippen molar-refractivity contribution < 1.29 is 14.3 Å². The van der Waals surface area contributed by atoms with Gasteiger partial charge in [-0.25, -0.2) is 4.98 Å². The Morgan fingerprint density at radius 1 is 1.17 bits per heavy atom. The van der Waals surface area contributed by atoms with E-state index in [0.717, 1.165) is 47.7 Å². The molecule has 36 heavy (non-hydrogen) atoms. The molecule has 0 radical (unpaired) electrons. The van der Waals surface area contributed by atoms with Gasteiger partial charge in [-0.1, -0.05) is 49.7 Å². The summed E-state index contributed by atoms with van der Waals surface area (Å²) in [6, 6.07) is 14.6. The number of hydrogen-bond acceptors (Lipinski definition) is 5. The molecule has 2 amide bonds. The third-order valence-electron chi connectivity index (χ3n) is 6.77. The number of hydrogen-bond donors (Lipinski definition) is 1. The zero-order valence-electron chi connectivity index (χ0n) is 21.1. The number of carbonyl (C=O) groups excluding carboxylic acids is 2. The Bertz CT molecular complexity index is 1250. The van der Waals surface area contributed by atoms with Gasteiger partial charge in [0.05, 0.1) is 6.04 Å². The highest BCUT2D eigenvalue weighted by molar-refractivity contribution is 7.09. The second kappa shape index (κ2) is 10.4. The van der Waals surface area contributed by atoms with E-state index in [2.05, 4.69) is 72.4 Å². The number of benzene rings is 2. The molecule has 0 saturated heterocycles. The smallest absolute Gasteiger partial charge is 0.270 e. The molecule has 5 rings (SSSR count). The van der Waals surface area contributed by atoms with Crippen LogP contribution >= 0.6 is 11.3 Å². The molecular weight excluding hydrogens is 470 g/mol. The van der Waals surface area contributed by atoms with Crippen LogP contribution in [0, 0.1) is 18.8 Å². The average molecular weight is 504 g/mol. The maximum atomic E-state index is 13.2. The minimum Gasteiger partial charge on any atom is -0.486 e. The van der Waals surface area contributed by atoms with Crippen molar-refractivity contribution >= 4 is 23.2 Å². The molecule has 1 aliphatic heterocycles. The van der Waals surface area contributed by atoms with Crippen molar-refractivity contribution in [1.82, 2.24) is 15.2 Å². The summed E-state index contributed by atoms with van der Waals surface area (Å²) in [6.45, 7) is 7.85. The van der Waals surface area contributed by atoms with Gasteiger partial charge in [-0.05, 0) is 60.9 Å². The van der Waals surface area contributed by atoms with Crippen LogP contribution in [0.15, 0.2) is 47.8 Å². The predicted octanol–water partition coefficient (Wildman–Crippen LogP) is 5.30. The fraction of sp³-hybridized carbons (Fsp3) is 0.414. The van der Waals surface area contributed by atoms with Gasteiger partial charge in [-0.2, -0.15) is 0 Å². The monoisotopic (exact) mass is 503 g/mol. The van der Waals surface area contributed by atoms with E-state index in [0.29, 0.717) is 24.8 Å². The zero-order valence-corrected chi connectivity index (χ0v) is 21.9. The van der Waals surface area contributed by atoms with Crippen molar-refractivity contribution in [2.24, 2.45) is 11.8 Å². The largest absolute Gasteiger partial charge is 0.486 e. The second-order valence-corrected chi connectivity index (χ2v) is 11.2. The van der Waals surface area contributed by atoms with Crippen molar-refractivity contribution in [3.05, 3.63) is 80.8 Å². The predicted molar refractivity (Wildman–Crippen MR) is 141 cm³/mol. The molecule has 2 aliphatic rings. The van der Waals surface area contributed by atoms with Crippen molar-refractivity contribution in [1.29, 1.82) is 0 Å². The van der Waals surface area contributed by atoms with E-state index >= 15 is 0 Å². The van der Waals surface area contributed by atoms with Crippen LogP contribution in [-0.2, 0) is 17.8 Å². The van der Waals surface area contributed by atoms with E-state index in [1.165, 1.54) is 22.5 Å². The lowest BCUT2D eigenvalue weighted by molar-refractivity contribution is -0.134. The summed E-state index contributed by atoms with van der Waals surface area (Å²) in [6.07, 6.45) is 2.84. The summed E-state index contributed by atoms with van der Waals surface area (Å²) >= 11 is 1.42. The van der Waals surface area contributed by atoms with Crippen LogP contribution in [0.5, 0.6) is 5.75 Å². The summed E-state index contributed by atoms with van der Waals surface area (Å²) in [5, 5.41) is 5.43. The van der Waals surface area contributed by atoms with Crippen LogP contribution in [0.1, 0.15) is 70.5 Å². The molecule has 2 aromatic carbocycles. The van der Waals surface area contributed by atoms with E-state index in [1.807, 2.05) is 6.07 Å². The zero-order chi connectivity index (χ0) is 25.2. The molecule has 0 bridgehead atoms. The molecule has 0 spiro atoms. The first-order valence-electron chi connectivity index (χ1n) is 12.7. The Kier molecular flexibility index (Phi) is 7.10. The maximum absolute atomic E-state index is 13.2. The highest BCUT2D eigenvalue weighted by Gasteiger charge is 2.39. The Morgan fingerprint density at radius 3 is 2.67 bits per heavy atom. The Morgan fingerprint density at radius 2 is 1.94 bits per heavy atom. The normalized spacial score (nSPS) is 17.1. The number of nitrogens with zero attached hydrogens (tertiary/aromatic N) is 2. The van der Waals surface area contributed by atoms with Gasteiger partial charge in [-0.15, -0.1) is 11.3 Å². The highest BCUT2D eigenvalue weighted by Crippen LogP contribution is 2.41.